The first-order valence-corrected chi connectivity index (χ1v) is 7.20. The minimum absolute atomic E-state index is 0.353. The van der Waals surface area contributed by atoms with Crippen LogP contribution in [0.5, 0.6) is 0 Å². The smallest absolute Gasteiger partial charge is 0.335 e. The standard InChI is InChI=1S/C16H20N2O2/c1-18-10-12(9-17-13-4-2-3-5-13)14-8-11(16(19)20)6-7-15(14)18/h6-8,10,13,17H,2-5,9H2,1H3,(H,19,20). The SMILES string of the molecule is Cn1cc(CNC2CCCC2)c2cc(C(=O)O)ccc21. The van der Waals surface area contributed by atoms with Crippen molar-refractivity contribution >= 4 is 16.9 Å². The molecule has 1 fully saturated rings. The van der Waals surface area contributed by atoms with Gasteiger partial charge in [-0.15, -0.1) is 0 Å². The van der Waals surface area contributed by atoms with E-state index in [2.05, 4.69) is 16.1 Å². The van der Waals surface area contributed by atoms with Crippen molar-refractivity contribution in [2.75, 3.05) is 0 Å². The van der Waals surface area contributed by atoms with Gasteiger partial charge in [0.05, 0.1) is 5.56 Å². The van der Waals surface area contributed by atoms with Gasteiger partial charge in [0, 0.05) is 36.7 Å². The minimum atomic E-state index is -0.870. The number of carboxylic acids is 1. The van der Waals surface area contributed by atoms with Crippen molar-refractivity contribution in [2.45, 2.75) is 38.3 Å². The summed E-state index contributed by atoms with van der Waals surface area (Å²) in [6, 6.07) is 5.95. The van der Waals surface area contributed by atoms with Crippen LogP contribution in [-0.4, -0.2) is 21.7 Å². The van der Waals surface area contributed by atoms with E-state index in [1.165, 1.54) is 31.2 Å². The zero-order valence-corrected chi connectivity index (χ0v) is 11.7. The van der Waals surface area contributed by atoms with Crippen molar-refractivity contribution in [3.63, 3.8) is 0 Å². The lowest BCUT2D eigenvalue weighted by Gasteiger charge is -2.10. The molecule has 0 amide bonds. The van der Waals surface area contributed by atoms with E-state index in [-0.39, 0.29) is 0 Å². The second-order valence-corrected chi connectivity index (χ2v) is 5.66. The fourth-order valence-corrected chi connectivity index (χ4v) is 3.13. The Hall–Kier alpha value is -1.81. The Kier molecular flexibility index (Phi) is 3.49. The van der Waals surface area contributed by atoms with E-state index in [4.69, 9.17) is 5.11 Å². The minimum Gasteiger partial charge on any atom is -0.478 e. The number of carbonyl (C=O) groups is 1. The predicted octanol–water partition coefficient (Wildman–Crippen LogP) is 2.91. The molecule has 1 aromatic heterocycles. The molecule has 106 valence electrons. The van der Waals surface area contributed by atoms with Gasteiger partial charge in [-0.2, -0.15) is 0 Å². The number of rotatable bonds is 4. The Balaban J connectivity index is 1.88. The lowest BCUT2D eigenvalue weighted by Crippen LogP contribution is -2.25. The van der Waals surface area contributed by atoms with Crippen LogP contribution < -0.4 is 5.32 Å². The third kappa shape index (κ3) is 2.43. The molecule has 3 rings (SSSR count). The molecule has 4 heteroatoms. The molecule has 0 atom stereocenters. The van der Waals surface area contributed by atoms with Crippen molar-refractivity contribution in [3.05, 3.63) is 35.5 Å². The molecule has 0 aliphatic heterocycles. The Morgan fingerprint density at radius 1 is 1.40 bits per heavy atom. The fraction of sp³-hybridized carbons (Fsp3) is 0.438. The molecule has 1 aliphatic carbocycles. The van der Waals surface area contributed by atoms with Gasteiger partial charge >= 0.3 is 5.97 Å². The number of fused-ring (bicyclic) bond motifs is 1. The van der Waals surface area contributed by atoms with Crippen LogP contribution in [-0.2, 0) is 13.6 Å². The second-order valence-electron chi connectivity index (χ2n) is 5.66. The number of benzene rings is 1. The van der Waals surface area contributed by atoms with Crippen LogP contribution in [0.1, 0.15) is 41.6 Å². The lowest BCUT2D eigenvalue weighted by molar-refractivity contribution is 0.0697. The Labute approximate surface area is 118 Å². The molecule has 1 heterocycles. The highest BCUT2D eigenvalue weighted by atomic mass is 16.4. The van der Waals surface area contributed by atoms with Crippen LogP contribution in [0.3, 0.4) is 0 Å². The third-order valence-corrected chi connectivity index (χ3v) is 4.26. The molecule has 1 aliphatic rings. The van der Waals surface area contributed by atoms with Crippen molar-refractivity contribution in [1.82, 2.24) is 9.88 Å². The van der Waals surface area contributed by atoms with Gasteiger partial charge in [0.1, 0.15) is 0 Å². The first-order valence-electron chi connectivity index (χ1n) is 7.20. The molecule has 20 heavy (non-hydrogen) atoms. The van der Waals surface area contributed by atoms with E-state index in [0.717, 1.165) is 17.4 Å². The van der Waals surface area contributed by atoms with Crippen LogP contribution >= 0.6 is 0 Å². The van der Waals surface area contributed by atoms with E-state index < -0.39 is 5.97 Å². The summed E-state index contributed by atoms with van der Waals surface area (Å²) in [6.45, 7) is 0.811. The molecule has 4 nitrogen and oxygen atoms in total. The number of nitrogens with one attached hydrogen (secondary N) is 1. The zero-order chi connectivity index (χ0) is 14.1. The van der Waals surface area contributed by atoms with E-state index in [0.29, 0.717) is 11.6 Å². The normalized spacial score (nSPS) is 16.1. The molecule has 1 aromatic carbocycles. The highest BCUT2D eigenvalue weighted by Gasteiger charge is 2.15. The number of aromatic carboxylic acids is 1. The van der Waals surface area contributed by atoms with Gasteiger partial charge in [-0.3, -0.25) is 0 Å². The summed E-state index contributed by atoms with van der Waals surface area (Å²) in [7, 11) is 2.00. The summed E-state index contributed by atoms with van der Waals surface area (Å²) in [5, 5.41) is 13.8. The zero-order valence-electron chi connectivity index (χ0n) is 11.7. The third-order valence-electron chi connectivity index (χ3n) is 4.26. The highest BCUT2D eigenvalue weighted by Crippen LogP contribution is 2.24. The van der Waals surface area contributed by atoms with E-state index in [1.807, 2.05) is 13.1 Å². The predicted molar refractivity (Wildman–Crippen MR) is 79.0 cm³/mol. The molecule has 2 aromatic rings. The Bertz CT molecular complexity index is 639. The van der Waals surface area contributed by atoms with Crippen molar-refractivity contribution in [1.29, 1.82) is 0 Å². The van der Waals surface area contributed by atoms with Crippen molar-refractivity contribution < 1.29 is 9.90 Å². The largest absolute Gasteiger partial charge is 0.478 e. The van der Waals surface area contributed by atoms with Gasteiger partial charge < -0.3 is 15.0 Å². The monoisotopic (exact) mass is 272 g/mol. The topological polar surface area (TPSA) is 54.3 Å². The Morgan fingerprint density at radius 3 is 2.85 bits per heavy atom. The average Bonchev–Trinajstić information content (AvgIpc) is 3.05. The van der Waals surface area contributed by atoms with Crippen LogP contribution in [0.2, 0.25) is 0 Å². The van der Waals surface area contributed by atoms with Crippen LogP contribution in [0, 0.1) is 0 Å². The molecule has 1 saturated carbocycles. The maximum absolute atomic E-state index is 11.1. The fourth-order valence-electron chi connectivity index (χ4n) is 3.13. The van der Waals surface area contributed by atoms with E-state index in [1.54, 1.807) is 12.1 Å². The van der Waals surface area contributed by atoms with Gasteiger partial charge in [0.2, 0.25) is 0 Å². The summed E-state index contributed by atoms with van der Waals surface area (Å²) in [6.07, 6.45) is 7.24. The summed E-state index contributed by atoms with van der Waals surface area (Å²) in [4.78, 5) is 11.1. The Morgan fingerprint density at radius 2 is 2.15 bits per heavy atom. The summed E-state index contributed by atoms with van der Waals surface area (Å²) >= 11 is 0. The van der Waals surface area contributed by atoms with Gasteiger partial charge in [0.25, 0.3) is 0 Å². The molecule has 0 radical (unpaired) electrons. The molecular formula is C16H20N2O2. The number of aromatic nitrogens is 1. The van der Waals surface area contributed by atoms with Crippen molar-refractivity contribution in [2.24, 2.45) is 7.05 Å². The number of aryl methyl sites for hydroxylation is 1. The highest BCUT2D eigenvalue weighted by molar-refractivity contribution is 5.94. The van der Waals surface area contributed by atoms with E-state index >= 15 is 0 Å². The number of nitrogens with zero attached hydrogens (tertiary/aromatic N) is 1. The summed E-state index contributed by atoms with van der Waals surface area (Å²) in [5.41, 5.74) is 2.61. The molecule has 0 bridgehead atoms. The van der Waals surface area contributed by atoms with Gasteiger partial charge in [-0.1, -0.05) is 12.8 Å². The molecule has 2 N–H and O–H groups in total. The van der Waals surface area contributed by atoms with Gasteiger partial charge in [0.15, 0.2) is 0 Å². The molecular weight excluding hydrogens is 252 g/mol. The van der Waals surface area contributed by atoms with Gasteiger partial charge in [-0.05, 0) is 36.6 Å². The van der Waals surface area contributed by atoms with Crippen molar-refractivity contribution in [3.8, 4) is 0 Å². The first-order chi connectivity index (χ1) is 9.65. The van der Waals surface area contributed by atoms with E-state index in [9.17, 15) is 4.79 Å². The number of hydrogen-bond donors (Lipinski definition) is 2. The van der Waals surface area contributed by atoms with Crippen LogP contribution in [0.4, 0.5) is 0 Å². The lowest BCUT2D eigenvalue weighted by atomic mass is 10.1. The summed E-state index contributed by atoms with van der Waals surface area (Å²) < 4.78 is 2.06. The quantitative estimate of drug-likeness (QED) is 0.899. The van der Waals surface area contributed by atoms with Crippen LogP contribution in [0.15, 0.2) is 24.4 Å². The van der Waals surface area contributed by atoms with Gasteiger partial charge in [-0.25, -0.2) is 4.79 Å². The molecule has 0 saturated heterocycles. The average molecular weight is 272 g/mol. The van der Waals surface area contributed by atoms with Crippen LogP contribution in [0.25, 0.3) is 10.9 Å². The maximum Gasteiger partial charge on any atom is 0.335 e. The molecule has 0 spiro atoms. The maximum atomic E-state index is 11.1. The summed E-state index contributed by atoms with van der Waals surface area (Å²) in [5.74, 6) is -0.870. The second kappa shape index (κ2) is 5.29. The molecule has 0 unspecified atom stereocenters. The number of carboxylic acid groups (broad SMARTS) is 1. The first kappa shape index (κ1) is 13.2. The number of hydrogen-bond acceptors (Lipinski definition) is 2.